The minimum absolute atomic E-state index is 0.135. The van der Waals surface area contributed by atoms with Gasteiger partial charge >= 0.3 is 23.9 Å². The van der Waals surface area contributed by atoms with Gasteiger partial charge < -0.3 is 20.4 Å². The van der Waals surface area contributed by atoms with Gasteiger partial charge in [0.15, 0.2) is 0 Å². The van der Waals surface area contributed by atoms with Crippen LogP contribution >= 0.6 is 0 Å². The lowest BCUT2D eigenvalue weighted by molar-refractivity contribution is -0.138. The van der Waals surface area contributed by atoms with Gasteiger partial charge in [0.05, 0.1) is 12.8 Å². The quantitative estimate of drug-likeness (QED) is 0.389. The van der Waals surface area contributed by atoms with Crippen LogP contribution in [0.1, 0.15) is 47.9 Å². The molecule has 8 nitrogen and oxygen atoms in total. The smallest absolute Gasteiger partial charge is 0.307 e. The molecule has 0 fully saturated rings. The third-order valence-electron chi connectivity index (χ3n) is 4.59. The zero-order valence-corrected chi connectivity index (χ0v) is 17.7. The van der Waals surface area contributed by atoms with Crippen LogP contribution in [0.3, 0.4) is 0 Å². The molecule has 0 atom stereocenters. The lowest BCUT2D eigenvalue weighted by Crippen LogP contribution is -2.07. The first-order valence-electron chi connectivity index (χ1n) is 10.2. The van der Waals surface area contributed by atoms with E-state index in [4.69, 9.17) is 20.4 Å². The van der Waals surface area contributed by atoms with Crippen molar-refractivity contribution < 1.29 is 39.6 Å². The maximum Gasteiger partial charge on any atom is 0.307 e. The van der Waals surface area contributed by atoms with E-state index in [1.54, 1.807) is 24.3 Å². The Hall–Kier alpha value is -3.68. The van der Waals surface area contributed by atoms with Gasteiger partial charge in [-0.3, -0.25) is 19.2 Å². The lowest BCUT2D eigenvalue weighted by Gasteiger charge is -2.08. The number of carboxylic acid groups (broad SMARTS) is 4. The number of benzene rings is 2. The molecule has 0 aromatic heterocycles. The molecular formula is C24H28O8. The van der Waals surface area contributed by atoms with E-state index >= 15 is 0 Å². The topological polar surface area (TPSA) is 149 Å². The summed E-state index contributed by atoms with van der Waals surface area (Å²) in [5, 5.41) is 34.4. The fourth-order valence-electron chi connectivity index (χ4n) is 3.13. The van der Waals surface area contributed by atoms with Crippen molar-refractivity contribution in [2.75, 3.05) is 0 Å². The van der Waals surface area contributed by atoms with Gasteiger partial charge in [0, 0.05) is 12.8 Å². The molecule has 4 N–H and O–H groups in total. The van der Waals surface area contributed by atoms with Gasteiger partial charge in [0.25, 0.3) is 0 Å². The highest BCUT2D eigenvalue weighted by Gasteiger charge is 2.08. The second-order valence-electron chi connectivity index (χ2n) is 7.17. The molecule has 2 rings (SSSR count). The minimum atomic E-state index is -0.956. The molecule has 0 radical (unpaired) electrons. The molecule has 0 amide bonds. The summed E-state index contributed by atoms with van der Waals surface area (Å²) in [5.41, 5.74) is 3.37. The largest absolute Gasteiger partial charge is 0.481 e. The lowest BCUT2D eigenvalue weighted by atomic mass is 9.98. The van der Waals surface area contributed by atoms with Crippen molar-refractivity contribution in [2.45, 2.75) is 51.4 Å². The molecule has 172 valence electrons. The minimum Gasteiger partial charge on any atom is -0.481 e. The average molecular weight is 444 g/mol. The maximum atomic E-state index is 10.5. The van der Waals surface area contributed by atoms with Gasteiger partial charge in [-0.25, -0.2) is 0 Å². The highest BCUT2D eigenvalue weighted by Crippen LogP contribution is 2.15. The molecule has 0 aliphatic rings. The molecule has 2 aromatic carbocycles. The van der Waals surface area contributed by atoms with Crippen LogP contribution in [0, 0.1) is 0 Å². The Bertz CT molecular complexity index is 846. The summed E-state index contributed by atoms with van der Waals surface area (Å²) in [7, 11) is 0. The van der Waals surface area contributed by atoms with Crippen molar-refractivity contribution in [3.8, 4) is 0 Å². The normalized spacial score (nSPS) is 10.0. The zero-order chi connectivity index (χ0) is 23.9. The van der Waals surface area contributed by atoms with Crippen LogP contribution in [0.2, 0.25) is 0 Å². The van der Waals surface area contributed by atoms with Gasteiger partial charge in [0.2, 0.25) is 0 Å². The highest BCUT2D eigenvalue weighted by molar-refractivity contribution is 5.74. The third-order valence-corrected chi connectivity index (χ3v) is 4.59. The second kappa shape index (κ2) is 14.3. The molecule has 0 saturated carbocycles. The summed E-state index contributed by atoms with van der Waals surface area (Å²) in [6, 6.07) is 14.5. The molecule has 0 bridgehead atoms. The van der Waals surface area contributed by atoms with Gasteiger partial charge in [-0.2, -0.15) is 0 Å². The average Bonchev–Trinajstić information content (AvgIpc) is 2.70. The Labute approximate surface area is 186 Å². The van der Waals surface area contributed by atoms with Crippen molar-refractivity contribution in [1.82, 2.24) is 0 Å². The SMILES string of the molecule is O=C(O)CCCc1ccccc1CCCC(=O)O.O=C(O)Cc1ccccc1CC(=O)O. The van der Waals surface area contributed by atoms with Crippen molar-refractivity contribution in [3.05, 3.63) is 70.8 Å². The number of aliphatic carboxylic acids is 4. The van der Waals surface area contributed by atoms with Crippen LogP contribution in [-0.2, 0) is 44.9 Å². The Morgan fingerprint density at radius 3 is 1.09 bits per heavy atom. The van der Waals surface area contributed by atoms with E-state index in [0.29, 0.717) is 24.0 Å². The van der Waals surface area contributed by atoms with E-state index in [1.807, 2.05) is 24.3 Å². The van der Waals surface area contributed by atoms with Crippen molar-refractivity contribution in [3.63, 3.8) is 0 Å². The molecule has 2 aromatic rings. The maximum absolute atomic E-state index is 10.5. The molecule has 0 heterocycles. The number of carbonyl (C=O) groups is 4. The van der Waals surface area contributed by atoms with E-state index in [-0.39, 0.29) is 25.7 Å². The number of hydrogen-bond donors (Lipinski definition) is 4. The number of aryl methyl sites for hydroxylation is 2. The summed E-state index contributed by atoms with van der Waals surface area (Å²) in [6.45, 7) is 0. The van der Waals surface area contributed by atoms with Crippen LogP contribution in [0.15, 0.2) is 48.5 Å². The van der Waals surface area contributed by atoms with Crippen LogP contribution in [-0.4, -0.2) is 44.3 Å². The first-order valence-corrected chi connectivity index (χ1v) is 10.2. The Kier molecular flexibility index (Phi) is 11.8. The molecule has 0 aliphatic carbocycles. The predicted molar refractivity (Wildman–Crippen MR) is 117 cm³/mol. The predicted octanol–water partition coefficient (Wildman–Crippen LogP) is 3.44. The van der Waals surface area contributed by atoms with Gasteiger partial charge in [-0.1, -0.05) is 48.5 Å². The second-order valence-corrected chi connectivity index (χ2v) is 7.17. The third kappa shape index (κ3) is 11.5. The standard InChI is InChI=1S/C14H18O4.C10H10O4/c15-13(16)9-3-7-11-5-1-2-6-12(11)8-4-10-14(17)18;11-9(12)5-7-3-1-2-4-8(7)6-10(13)14/h1-2,5-6H,3-4,7-10H2,(H,15,16)(H,17,18);1-4H,5-6H2,(H,11,12)(H,13,14). The van der Waals surface area contributed by atoms with Crippen molar-refractivity contribution >= 4 is 23.9 Å². The first-order chi connectivity index (χ1) is 15.2. The molecule has 8 heteroatoms. The van der Waals surface area contributed by atoms with Crippen molar-refractivity contribution in [1.29, 1.82) is 0 Å². The van der Waals surface area contributed by atoms with E-state index in [0.717, 1.165) is 24.0 Å². The molecule has 0 aliphatic heterocycles. The Morgan fingerprint density at radius 1 is 0.500 bits per heavy atom. The van der Waals surface area contributed by atoms with E-state index in [1.165, 1.54) is 0 Å². The fraction of sp³-hybridized carbons (Fsp3) is 0.333. The molecular weight excluding hydrogens is 416 g/mol. The van der Waals surface area contributed by atoms with Crippen LogP contribution < -0.4 is 0 Å². The van der Waals surface area contributed by atoms with E-state index in [2.05, 4.69) is 0 Å². The van der Waals surface area contributed by atoms with E-state index in [9.17, 15) is 19.2 Å². The van der Waals surface area contributed by atoms with Crippen LogP contribution in [0.4, 0.5) is 0 Å². The summed E-state index contributed by atoms with van der Waals surface area (Å²) in [4.78, 5) is 41.8. The first kappa shape index (κ1) is 26.4. The molecule has 0 spiro atoms. The van der Waals surface area contributed by atoms with Crippen molar-refractivity contribution in [2.24, 2.45) is 0 Å². The fourth-order valence-corrected chi connectivity index (χ4v) is 3.13. The number of hydrogen-bond acceptors (Lipinski definition) is 4. The number of rotatable bonds is 12. The highest BCUT2D eigenvalue weighted by atomic mass is 16.4. The Morgan fingerprint density at radius 2 is 0.812 bits per heavy atom. The van der Waals surface area contributed by atoms with E-state index < -0.39 is 23.9 Å². The summed E-state index contributed by atoms with van der Waals surface area (Å²) < 4.78 is 0. The Balaban J connectivity index is 0.000000330. The van der Waals surface area contributed by atoms with Gasteiger partial charge in [0.1, 0.15) is 0 Å². The molecule has 0 unspecified atom stereocenters. The monoisotopic (exact) mass is 444 g/mol. The van der Waals surface area contributed by atoms with Crippen LogP contribution in [0.25, 0.3) is 0 Å². The molecule has 32 heavy (non-hydrogen) atoms. The van der Waals surface area contributed by atoms with Gasteiger partial charge in [-0.15, -0.1) is 0 Å². The summed E-state index contributed by atoms with van der Waals surface area (Å²) in [6.07, 6.45) is 2.77. The summed E-state index contributed by atoms with van der Waals surface area (Å²) in [5.74, 6) is -3.47. The molecule has 0 saturated heterocycles. The zero-order valence-electron chi connectivity index (χ0n) is 17.7. The number of carboxylic acids is 4. The van der Waals surface area contributed by atoms with Gasteiger partial charge in [-0.05, 0) is 47.9 Å². The summed E-state index contributed by atoms with van der Waals surface area (Å²) >= 11 is 0. The van der Waals surface area contributed by atoms with Crippen LogP contribution in [0.5, 0.6) is 0 Å².